The zero-order chi connectivity index (χ0) is 17.7. The van der Waals surface area contributed by atoms with Crippen LogP contribution in [0.4, 0.5) is 0 Å². The van der Waals surface area contributed by atoms with Gasteiger partial charge in [0.1, 0.15) is 6.04 Å². The van der Waals surface area contributed by atoms with E-state index >= 15 is 0 Å². The molecule has 132 valence electrons. The van der Waals surface area contributed by atoms with E-state index in [1.807, 2.05) is 39.0 Å². The van der Waals surface area contributed by atoms with Crippen LogP contribution in [-0.2, 0) is 4.79 Å². The standard InChI is InChI=1S/C19H29N3O2/c1-13(2)17(19(24)20-15-9-11-22(4)12-10-15)21-18(23)16-8-6-5-7-14(16)3/h5-8,13,15,17H,9-12H2,1-4H3,(H,20,24)(H,21,23). The summed E-state index contributed by atoms with van der Waals surface area (Å²) in [5.74, 6) is -0.240. The molecule has 0 saturated carbocycles. The topological polar surface area (TPSA) is 61.4 Å². The Morgan fingerprint density at radius 3 is 2.38 bits per heavy atom. The lowest BCUT2D eigenvalue weighted by Crippen LogP contribution is -2.53. The second kappa shape index (κ2) is 8.29. The minimum absolute atomic E-state index is 0.0317. The summed E-state index contributed by atoms with van der Waals surface area (Å²) in [6.07, 6.45) is 1.91. The summed E-state index contributed by atoms with van der Waals surface area (Å²) >= 11 is 0. The van der Waals surface area contributed by atoms with E-state index in [1.165, 1.54) is 0 Å². The third kappa shape index (κ3) is 4.81. The minimum Gasteiger partial charge on any atom is -0.351 e. The Labute approximate surface area is 144 Å². The van der Waals surface area contributed by atoms with Crippen molar-refractivity contribution in [1.29, 1.82) is 0 Å². The van der Waals surface area contributed by atoms with E-state index in [0.29, 0.717) is 5.56 Å². The number of aryl methyl sites for hydroxylation is 1. The average Bonchev–Trinajstić information content (AvgIpc) is 2.54. The van der Waals surface area contributed by atoms with E-state index in [1.54, 1.807) is 6.07 Å². The van der Waals surface area contributed by atoms with Crippen molar-refractivity contribution in [1.82, 2.24) is 15.5 Å². The lowest BCUT2D eigenvalue weighted by molar-refractivity contribution is -0.125. The molecule has 1 saturated heterocycles. The van der Waals surface area contributed by atoms with Gasteiger partial charge in [0.2, 0.25) is 5.91 Å². The molecule has 1 atom stereocenters. The highest BCUT2D eigenvalue weighted by molar-refractivity contribution is 5.98. The summed E-state index contributed by atoms with van der Waals surface area (Å²) in [6, 6.07) is 7.11. The van der Waals surface area contributed by atoms with Crippen molar-refractivity contribution < 1.29 is 9.59 Å². The first-order valence-corrected chi connectivity index (χ1v) is 8.74. The van der Waals surface area contributed by atoms with E-state index in [-0.39, 0.29) is 23.8 Å². The zero-order valence-corrected chi connectivity index (χ0v) is 15.1. The van der Waals surface area contributed by atoms with Crippen molar-refractivity contribution in [2.45, 2.75) is 45.7 Å². The molecule has 0 spiro atoms. The van der Waals surface area contributed by atoms with Crippen molar-refractivity contribution in [3.8, 4) is 0 Å². The number of hydrogen-bond acceptors (Lipinski definition) is 3. The maximum absolute atomic E-state index is 12.6. The molecule has 24 heavy (non-hydrogen) atoms. The Kier molecular flexibility index (Phi) is 6.37. The van der Waals surface area contributed by atoms with Crippen LogP contribution in [0, 0.1) is 12.8 Å². The van der Waals surface area contributed by atoms with Crippen molar-refractivity contribution >= 4 is 11.8 Å². The maximum Gasteiger partial charge on any atom is 0.252 e. The second-order valence-electron chi connectivity index (χ2n) is 7.10. The first-order chi connectivity index (χ1) is 11.4. The van der Waals surface area contributed by atoms with Crippen molar-refractivity contribution in [3.63, 3.8) is 0 Å². The van der Waals surface area contributed by atoms with E-state index in [2.05, 4.69) is 22.6 Å². The van der Waals surface area contributed by atoms with Gasteiger partial charge in [-0.15, -0.1) is 0 Å². The number of carbonyl (C=O) groups excluding carboxylic acids is 2. The maximum atomic E-state index is 12.6. The van der Waals surface area contributed by atoms with Crippen LogP contribution in [0.25, 0.3) is 0 Å². The fourth-order valence-corrected chi connectivity index (χ4v) is 3.03. The fourth-order valence-electron chi connectivity index (χ4n) is 3.03. The molecule has 1 heterocycles. The van der Waals surface area contributed by atoms with Crippen LogP contribution in [-0.4, -0.2) is 48.9 Å². The Morgan fingerprint density at radius 1 is 1.17 bits per heavy atom. The van der Waals surface area contributed by atoms with Crippen LogP contribution in [0.2, 0.25) is 0 Å². The van der Waals surface area contributed by atoms with Gasteiger partial charge < -0.3 is 15.5 Å². The number of benzene rings is 1. The SMILES string of the molecule is Cc1ccccc1C(=O)NC(C(=O)NC1CCN(C)CC1)C(C)C. The third-order valence-corrected chi connectivity index (χ3v) is 4.69. The van der Waals surface area contributed by atoms with Gasteiger partial charge >= 0.3 is 0 Å². The number of hydrogen-bond donors (Lipinski definition) is 2. The van der Waals surface area contributed by atoms with Gasteiger partial charge in [0.25, 0.3) is 5.91 Å². The molecule has 2 N–H and O–H groups in total. The van der Waals surface area contributed by atoms with Crippen LogP contribution in [0.5, 0.6) is 0 Å². The number of rotatable bonds is 5. The molecule has 1 aromatic rings. The van der Waals surface area contributed by atoms with E-state index in [9.17, 15) is 9.59 Å². The van der Waals surface area contributed by atoms with Crippen LogP contribution < -0.4 is 10.6 Å². The predicted octanol–water partition coefficient (Wildman–Crippen LogP) is 1.96. The highest BCUT2D eigenvalue weighted by Gasteiger charge is 2.27. The first-order valence-electron chi connectivity index (χ1n) is 8.74. The second-order valence-corrected chi connectivity index (χ2v) is 7.10. The molecule has 1 aliphatic heterocycles. The molecule has 1 aromatic carbocycles. The van der Waals surface area contributed by atoms with E-state index < -0.39 is 6.04 Å². The van der Waals surface area contributed by atoms with Crippen molar-refractivity contribution in [2.75, 3.05) is 20.1 Å². The Bertz CT molecular complexity index is 578. The van der Waals surface area contributed by atoms with Crippen LogP contribution in [0.15, 0.2) is 24.3 Å². The van der Waals surface area contributed by atoms with E-state index in [0.717, 1.165) is 31.5 Å². The van der Waals surface area contributed by atoms with Gasteiger partial charge in [0.15, 0.2) is 0 Å². The van der Waals surface area contributed by atoms with Gasteiger partial charge in [0, 0.05) is 11.6 Å². The Morgan fingerprint density at radius 2 is 1.79 bits per heavy atom. The highest BCUT2D eigenvalue weighted by Crippen LogP contribution is 2.12. The summed E-state index contributed by atoms with van der Waals surface area (Å²) in [4.78, 5) is 27.4. The number of piperidine rings is 1. The van der Waals surface area contributed by atoms with Crippen LogP contribution in [0.3, 0.4) is 0 Å². The lowest BCUT2D eigenvalue weighted by atomic mass is 10.00. The van der Waals surface area contributed by atoms with Gasteiger partial charge in [-0.3, -0.25) is 9.59 Å². The molecule has 1 aliphatic rings. The van der Waals surface area contributed by atoms with Gasteiger partial charge in [0.05, 0.1) is 0 Å². The first kappa shape index (κ1) is 18.5. The van der Waals surface area contributed by atoms with Crippen molar-refractivity contribution in [3.05, 3.63) is 35.4 Å². The molecule has 0 bridgehead atoms. The van der Waals surface area contributed by atoms with E-state index in [4.69, 9.17) is 0 Å². The van der Waals surface area contributed by atoms with Gasteiger partial charge in [-0.05, 0) is 57.5 Å². The predicted molar refractivity (Wildman–Crippen MR) is 95.9 cm³/mol. The summed E-state index contributed by atoms with van der Waals surface area (Å²) < 4.78 is 0. The molecule has 0 radical (unpaired) electrons. The Hall–Kier alpha value is -1.88. The largest absolute Gasteiger partial charge is 0.351 e. The summed E-state index contributed by atoms with van der Waals surface area (Å²) in [5.41, 5.74) is 1.53. The van der Waals surface area contributed by atoms with Crippen LogP contribution in [0.1, 0.15) is 42.6 Å². The molecular weight excluding hydrogens is 302 g/mol. The molecule has 5 heteroatoms. The number of carbonyl (C=O) groups is 2. The molecule has 5 nitrogen and oxygen atoms in total. The molecule has 0 aromatic heterocycles. The summed E-state index contributed by atoms with van der Waals surface area (Å²) in [7, 11) is 2.09. The molecule has 0 aliphatic carbocycles. The zero-order valence-electron chi connectivity index (χ0n) is 15.1. The number of likely N-dealkylation sites (tertiary alicyclic amines) is 1. The smallest absolute Gasteiger partial charge is 0.252 e. The minimum atomic E-state index is -0.517. The lowest BCUT2D eigenvalue weighted by Gasteiger charge is -2.31. The quantitative estimate of drug-likeness (QED) is 0.867. The molecule has 1 unspecified atom stereocenters. The average molecular weight is 331 g/mol. The monoisotopic (exact) mass is 331 g/mol. The van der Waals surface area contributed by atoms with Crippen molar-refractivity contribution in [2.24, 2.45) is 5.92 Å². The number of nitrogens with zero attached hydrogens (tertiary/aromatic N) is 1. The fraction of sp³-hybridized carbons (Fsp3) is 0.579. The normalized spacial score (nSPS) is 17.5. The van der Waals surface area contributed by atoms with Gasteiger partial charge in [-0.1, -0.05) is 32.0 Å². The summed E-state index contributed by atoms with van der Waals surface area (Å²) in [6.45, 7) is 7.80. The molecule has 2 amide bonds. The number of amides is 2. The molecule has 2 rings (SSSR count). The summed E-state index contributed by atoms with van der Waals surface area (Å²) in [5, 5.41) is 6.02. The molecular formula is C19H29N3O2. The van der Waals surface area contributed by atoms with Gasteiger partial charge in [-0.25, -0.2) is 0 Å². The Balaban J connectivity index is 1.99. The number of nitrogens with one attached hydrogen (secondary N) is 2. The van der Waals surface area contributed by atoms with Crippen LogP contribution >= 0.6 is 0 Å². The molecule has 1 fully saturated rings. The van der Waals surface area contributed by atoms with Gasteiger partial charge in [-0.2, -0.15) is 0 Å². The third-order valence-electron chi connectivity index (χ3n) is 4.69. The highest BCUT2D eigenvalue weighted by atomic mass is 16.2.